The van der Waals surface area contributed by atoms with Crippen molar-refractivity contribution in [1.29, 1.82) is 0 Å². The van der Waals surface area contributed by atoms with Crippen LogP contribution in [0.25, 0.3) is 0 Å². The number of rotatable bonds is 7. The molecule has 1 aromatic carbocycles. The van der Waals surface area contributed by atoms with Crippen molar-refractivity contribution in [2.45, 2.75) is 13.8 Å². The van der Waals surface area contributed by atoms with Gasteiger partial charge in [-0.15, -0.1) is 0 Å². The van der Waals surface area contributed by atoms with Crippen LogP contribution in [0.2, 0.25) is 0 Å². The molecule has 0 saturated carbocycles. The van der Waals surface area contributed by atoms with Gasteiger partial charge in [-0.05, 0) is 31.5 Å². The lowest BCUT2D eigenvalue weighted by atomic mass is 10.2. The molecule has 1 aromatic rings. The van der Waals surface area contributed by atoms with Crippen molar-refractivity contribution < 1.29 is 42.7 Å². The summed E-state index contributed by atoms with van der Waals surface area (Å²) in [4.78, 5) is 11.5. The van der Waals surface area contributed by atoms with Crippen molar-refractivity contribution >= 4 is 5.97 Å². The number of ether oxygens (including phenoxy) is 2. The zero-order chi connectivity index (χ0) is 14.3. The van der Waals surface area contributed by atoms with E-state index >= 15 is 0 Å². The van der Waals surface area contributed by atoms with Crippen molar-refractivity contribution in [3.8, 4) is 5.75 Å². The molecule has 0 fully saturated rings. The molecule has 114 valence electrons. The predicted molar refractivity (Wildman–Crippen MR) is 75.1 cm³/mol. The maximum absolute atomic E-state index is 11.5. The Bertz CT molecular complexity index is 421. The Balaban J connectivity index is 0.00000361. The molecule has 0 aliphatic rings. The Labute approximate surface area is 138 Å². The minimum Gasteiger partial charge on any atom is -1.00 e. The fourth-order valence-corrected chi connectivity index (χ4v) is 1.75. The highest BCUT2D eigenvalue weighted by Crippen LogP contribution is 2.12. The molecule has 20 heavy (non-hydrogen) atoms. The van der Waals surface area contributed by atoms with Crippen LogP contribution in [0.15, 0.2) is 24.3 Å². The summed E-state index contributed by atoms with van der Waals surface area (Å²) in [7, 11) is 3.99. The molecule has 0 bridgehead atoms. The van der Waals surface area contributed by atoms with Crippen molar-refractivity contribution in [2.75, 3.05) is 40.4 Å². The van der Waals surface area contributed by atoms with Gasteiger partial charge >= 0.3 is 5.97 Å². The van der Waals surface area contributed by atoms with Crippen LogP contribution in [0.1, 0.15) is 12.5 Å². The number of likely N-dealkylation sites (N-methyl/N-ethyl adjacent to an activating group) is 1. The van der Waals surface area contributed by atoms with Crippen LogP contribution < -0.4 is 28.7 Å². The molecule has 0 radical (unpaired) electrons. The molecule has 4 nitrogen and oxygen atoms in total. The molecule has 5 heteroatoms. The highest BCUT2D eigenvalue weighted by molar-refractivity contribution is 5.70. The lowest BCUT2D eigenvalue weighted by molar-refractivity contribution is -0.883. The van der Waals surface area contributed by atoms with Gasteiger partial charge in [-0.1, -0.05) is 12.1 Å². The lowest BCUT2D eigenvalue weighted by Gasteiger charge is -2.28. The molecule has 0 unspecified atom stereocenters. The smallest absolute Gasteiger partial charge is 0.361 e. The average molecular weight is 393 g/mol. The van der Waals surface area contributed by atoms with E-state index in [1.165, 1.54) is 5.56 Å². The van der Waals surface area contributed by atoms with Gasteiger partial charge in [0.1, 0.15) is 18.9 Å². The first-order chi connectivity index (χ1) is 8.93. The first-order valence-corrected chi connectivity index (χ1v) is 6.60. The molecule has 0 spiro atoms. The molecule has 0 aliphatic carbocycles. The highest BCUT2D eigenvalue weighted by Gasteiger charge is 2.20. The zero-order valence-corrected chi connectivity index (χ0v) is 14.8. The van der Waals surface area contributed by atoms with Gasteiger partial charge in [0.25, 0.3) is 0 Å². The van der Waals surface area contributed by atoms with Gasteiger partial charge in [0.15, 0.2) is 6.54 Å². The van der Waals surface area contributed by atoms with Gasteiger partial charge in [0, 0.05) is 0 Å². The van der Waals surface area contributed by atoms with E-state index in [2.05, 4.69) is 0 Å². The normalized spacial score (nSPS) is 10.6. The van der Waals surface area contributed by atoms with Crippen LogP contribution in [0.5, 0.6) is 5.75 Å². The van der Waals surface area contributed by atoms with Gasteiger partial charge in [0.2, 0.25) is 0 Å². The molecule has 0 N–H and O–H groups in total. The molecule has 0 amide bonds. The largest absolute Gasteiger partial charge is 1.00 e. The Kier molecular flexibility index (Phi) is 8.80. The fourth-order valence-electron chi connectivity index (χ4n) is 1.75. The third-order valence-electron chi connectivity index (χ3n) is 2.82. The number of halogens is 1. The van der Waals surface area contributed by atoms with Crippen LogP contribution in [0, 0.1) is 6.92 Å². The summed E-state index contributed by atoms with van der Waals surface area (Å²) in [5.41, 5.74) is 1.18. The summed E-state index contributed by atoms with van der Waals surface area (Å²) in [6.07, 6.45) is 0. The predicted octanol–water partition coefficient (Wildman–Crippen LogP) is -0.983. The number of carbonyl (C=O) groups excluding carboxylic acids is 1. The summed E-state index contributed by atoms with van der Waals surface area (Å²) in [5.74, 6) is 0.708. The second kappa shape index (κ2) is 9.18. The monoisotopic (exact) mass is 393 g/mol. The summed E-state index contributed by atoms with van der Waals surface area (Å²) < 4.78 is 11.2. The van der Waals surface area contributed by atoms with E-state index in [1.807, 2.05) is 52.2 Å². The number of hydrogen-bond acceptors (Lipinski definition) is 3. The number of benzene rings is 1. The van der Waals surface area contributed by atoms with Crippen LogP contribution in [0.4, 0.5) is 0 Å². The summed E-state index contributed by atoms with van der Waals surface area (Å²) >= 11 is 0. The first kappa shape index (κ1) is 19.2. The molecule has 1 rings (SSSR count). The van der Waals surface area contributed by atoms with E-state index in [0.717, 1.165) is 12.3 Å². The molecule has 0 aromatic heterocycles. The van der Waals surface area contributed by atoms with Crippen molar-refractivity contribution in [3.05, 3.63) is 29.8 Å². The summed E-state index contributed by atoms with van der Waals surface area (Å²) in [6, 6.07) is 7.96. The zero-order valence-electron chi connectivity index (χ0n) is 12.7. The molecule has 0 aliphatic heterocycles. The fraction of sp³-hybridized carbons (Fsp3) is 0.533. The molecule has 0 saturated heterocycles. The number of nitrogens with zero attached hydrogens (tertiary/aromatic N) is 1. The Morgan fingerprint density at radius 1 is 1.30 bits per heavy atom. The minimum absolute atomic E-state index is 0. The van der Waals surface area contributed by atoms with Gasteiger partial charge in [-0.2, -0.15) is 0 Å². The van der Waals surface area contributed by atoms with Gasteiger partial charge in [-0.3, -0.25) is 0 Å². The number of hydrogen-bond donors (Lipinski definition) is 0. The summed E-state index contributed by atoms with van der Waals surface area (Å²) in [5, 5.41) is 0. The minimum atomic E-state index is -0.164. The quantitative estimate of drug-likeness (QED) is 0.340. The third kappa shape index (κ3) is 7.69. The maximum Gasteiger partial charge on any atom is 0.361 e. The van der Waals surface area contributed by atoms with E-state index in [1.54, 1.807) is 0 Å². The van der Waals surface area contributed by atoms with Crippen LogP contribution in [0.3, 0.4) is 0 Å². The molecule has 0 atom stereocenters. The molecular weight excluding hydrogens is 369 g/mol. The lowest BCUT2D eigenvalue weighted by Crippen LogP contribution is -3.00. The highest BCUT2D eigenvalue weighted by atomic mass is 127. The average Bonchev–Trinajstić information content (AvgIpc) is 2.28. The second-order valence-electron chi connectivity index (χ2n) is 5.29. The van der Waals surface area contributed by atoms with Gasteiger partial charge < -0.3 is 37.9 Å². The van der Waals surface area contributed by atoms with Crippen molar-refractivity contribution in [2.24, 2.45) is 0 Å². The standard InChI is InChI=1S/C15H24NO3.HI/c1-5-18-15(17)12-16(3,4)9-10-19-14-8-6-7-13(2)11-14;/h6-8,11H,5,9-10,12H2,1-4H3;1H/q+1;/p-1. The van der Waals surface area contributed by atoms with Crippen molar-refractivity contribution in [1.82, 2.24) is 0 Å². The van der Waals surface area contributed by atoms with Gasteiger partial charge in [-0.25, -0.2) is 4.79 Å². The molecular formula is C15H24INO3. The Morgan fingerprint density at radius 2 is 2.00 bits per heavy atom. The van der Waals surface area contributed by atoms with Gasteiger partial charge in [0.05, 0.1) is 20.7 Å². The van der Waals surface area contributed by atoms with E-state index in [0.29, 0.717) is 24.2 Å². The number of quaternary nitrogens is 1. The maximum atomic E-state index is 11.5. The molecule has 0 heterocycles. The SMILES string of the molecule is CCOC(=O)C[N+](C)(C)CCOc1cccc(C)c1.[I-]. The third-order valence-corrected chi connectivity index (χ3v) is 2.82. The van der Waals surface area contributed by atoms with Crippen LogP contribution in [-0.4, -0.2) is 50.9 Å². The number of esters is 1. The summed E-state index contributed by atoms with van der Waals surface area (Å²) in [6.45, 7) is 5.98. The number of aryl methyl sites for hydroxylation is 1. The Morgan fingerprint density at radius 3 is 2.60 bits per heavy atom. The van der Waals surface area contributed by atoms with E-state index in [-0.39, 0.29) is 29.9 Å². The van der Waals surface area contributed by atoms with Crippen molar-refractivity contribution in [3.63, 3.8) is 0 Å². The Hall–Kier alpha value is -0.820. The number of carbonyl (C=O) groups is 1. The van der Waals surface area contributed by atoms with E-state index in [9.17, 15) is 4.79 Å². The topological polar surface area (TPSA) is 35.5 Å². The van der Waals surface area contributed by atoms with Crippen LogP contribution >= 0.6 is 0 Å². The second-order valence-corrected chi connectivity index (χ2v) is 5.29. The van der Waals surface area contributed by atoms with Crippen LogP contribution in [-0.2, 0) is 9.53 Å². The first-order valence-electron chi connectivity index (χ1n) is 6.60. The van der Waals surface area contributed by atoms with E-state index in [4.69, 9.17) is 9.47 Å². The van der Waals surface area contributed by atoms with E-state index < -0.39 is 0 Å².